The van der Waals surface area contributed by atoms with Crippen LogP contribution in [0.4, 0.5) is 11.8 Å². The second kappa shape index (κ2) is 13.2. The van der Waals surface area contributed by atoms with Gasteiger partial charge >= 0.3 is 0 Å². The van der Waals surface area contributed by atoms with Crippen LogP contribution >= 0.6 is 0 Å². The average Bonchev–Trinajstić information content (AvgIpc) is 3.59. The Bertz CT molecular complexity index is 958. The maximum Gasteiger partial charge on any atom is 0.227 e. The summed E-state index contributed by atoms with van der Waals surface area (Å²) in [5, 5.41) is 5.98. The van der Waals surface area contributed by atoms with Crippen LogP contribution in [0.2, 0.25) is 0 Å². The van der Waals surface area contributed by atoms with Crippen molar-refractivity contribution in [2.45, 2.75) is 114 Å². The van der Waals surface area contributed by atoms with Gasteiger partial charge in [0.1, 0.15) is 0 Å². The van der Waals surface area contributed by atoms with Gasteiger partial charge in [0.15, 0.2) is 17.0 Å². The first-order valence-electron chi connectivity index (χ1n) is 15.0. The largest absolute Gasteiger partial charge is 0.385 e. The molecule has 0 amide bonds. The molecule has 0 unspecified atom stereocenters. The molecule has 9 nitrogen and oxygen atoms in total. The van der Waals surface area contributed by atoms with Crippen molar-refractivity contribution in [3.8, 4) is 0 Å². The summed E-state index contributed by atoms with van der Waals surface area (Å²) < 4.78 is 7.47. The highest BCUT2D eigenvalue weighted by molar-refractivity contribution is 5.84. The topological polar surface area (TPSA) is 106 Å². The van der Waals surface area contributed by atoms with Crippen LogP contribution in [0.1, 0.15) is 102 Å². The quantitative estimate of drug-likeness (QED) is 0.331. The van der Waals surface area contributed by atoms with E-state index in [9.17, 15) is 0 Å². The number of anilines is 2. The second-order valence-electron chi connectivity index (χ2n) is 11.7. The van der Waals surface area contributed by atoms with Crippen LogP contribution in [-0.4, -0.2) is 63.4 Å². The molecule has 0 aromatic carbocycles. The van der Waals surface area contributed by atoms with E-state index >= 15 is 0 Å². The minimum Gasteiger partial charge on any atom is -0.385 e. The summed E-state index contributed by atoms with van der Waals surface area (Å²) in [4.78, 5) is 14.8. The van der Waals surface area contributed by atoms with Gasteiger partial charge in [-0.3, -0.25) is 0 Å². The summed E-state index contributed by atoms with van der Waals surface area (Å²) in [6.07, 6.45) is 20.2. The van der Waals surface area contributed by atoms with Crippen molar-refractivity contribution in [2.75, 3.05) is 37.5 Å². The number of hydrogen-bond donors (Lipinski definition) is 3. The summed E-state index contributed by atoms with van der Waals surface area (Å²) in [6.45, 7) is 2.99. The number of ether oxygens (including phenoxy) is 1. The van der Waals surface area contributed by atoms with Gasteiger partial charge in [0.25, 0.3) is 0 Å². The number of hydrogen-bond acceptors (Lipinski definition) is 8. The Morgan fingerprint density at radius 1 is 0.946 bits per heavy atom. The zero-order valence-corrected chi connectivity index (χ0v) is 22.8. The third-order valence-electron chi connectivity index (χ3n) is 8.83. The van der Waals surface area contributed by atoms with E-state index in [4.69, 9.17) is 25.4 Å². The molecule has 2 aromatic heterocycles. The molecule has 3 heterocycles. The van der Waals surface area contributed by atoms with Gasteiger partial charge in [-0.1, -0.05) is 38.5 Å². The molecule has 4 N–H and O–H groups in total. The van der Waals surface area contributed by atoms with E-state index in [1.54, 1.807) is 7.11 Å². The number of imidazole rings is 1. The lowest BCUT2D eigenvalue weighted by molar-refractivity contribution is 0.189. The smallest absolute Gasteiger partial charge is 0.227 e. The molecule has 206 valence electrons. The van der Waals surface area contributed by atoms with Gasteiger partial charge in [0.05, 0.1) is 6.33 Å². The van der Waals surface area contributed by atoms with E-state index in [0.717, 1.165) is 74.2 Å². The number of fused-ring (bicyclic) bond motifs is 1. The molecule has 0 bridgehead atoms. The van der Waals surface area contributed by atoms with E-state index in [0.29, 0.717) is 18.1 Å². The van der Waals surface area contributed by atoms with Crippen LogP contribution in [0.25, 0.3) is 11.2 Å². The van der Waals surface area contributed by atoms with Crippen molar-refractivity contribution in [3.63, 3.8) is 0 Å². The highest BCUT2D eigenvalue weighted by atomic mass is 16.5. The summed E-state index contributed by atoms with van der Waals surface area (Å²) in [5.74, 6) is 2.40. The van der Waals surface area contributed by atoms with Crippen LogP contribution in [-0.2, 0) is 4.74 Å². The molecular formula is C28H48N8O. The summed E-state index contributed by atoms with van der Waals surface area (Å²) in [6, 6.07) is 1.22. The fourth-order valence-electron chi connectivity index (χ4n) is 6.47. The first-order chi connectivity index (χ1) is 18.2. The molecule has 0 atom stereocenters. The van der Waals surface area contributed by atoms with Gasteiger partial charge < -0.3 is 25.8 Å². The lowest BCUT2D eigenvalue weighted by atomic mass is 9.92. The Kier molecular flexibility index (Phi) is 9.50. The van der Waals surface area contributed by atoms with Crippen molar-refractivity contribution in [1.29, 1.82) is 0 Å². The number of aromatic nitrogens is 4. The first-order valence-corrected chi connectivity index (χ1v) is 15.0. The van der Waals surface area contributed by atoms with Gasteiger partial charge in [-0.2, -0.15) is 9.97 Å². The lowest BCUT2D eigenvalue weighted by Gasteiger charge is -2.32. The molecule has 2 aromatic rings. The van der Waals surface area contributed by atoms with Crippen molar-refractivity contribution < 1.29 is 4.74 Å². The molecule has 0 radical (unpaired) electrons. The van der Waals surface area contributed by atoms with E-state index in [2.05, 4.69) is 20.3 Å². The highest BCUT2D eigenvalue weighted by Crippen LogP contribution is 2.34. The fraction of sp³-hybridized carbons (Fsp3) is 0.821. The highest BCUT2D eigenvalue weighted by Gasteiger charge is 2.25. The van der Waals surface area contributed by atoms with Gasteiger partial charge in [-0.25, -0.2) is 9.99 Å². The number of unbranched alkanes of at least 4 members (excludes halogenated alkanes) is 3. The van der Waals surface area contributed by atoms with Crippen LogP contribution < -0.4 is 16.5 Å². The molecular weight excluding hydrogens is 464 g/mol. The Balaban J connectivity index is 1.23. The molecule has 2 aliphatic carbocycles. The predicted molar refractivity (Wildman–Crippen MR) is 150 cm³/mol. The Morgan fingerprint density at radius 3 is 2.46 bits per heavy atom. The summed E-state index contributed by atoms with van der Waals surface area (Å²) in [7, 11) is 1.79. The van der Waals surface area contributed by atoms with E-state index in [-0.39, 0.29) is 0 Å². The van der Waals surface area contributed by atoms with Gasteiger partial charge in [0, 0.05) is 44.9 Å². The van der Waals surface area contributed by atoms with Gasteiger partial charge in [0.2, 0.25) is 5.95 Å². The summed E-state index contributed by atoms with van der Waals surface area (Å²) in [5.41, 5.74) is 11.6. The normalized spacial score (nSPS) is 24.2. The minimum atomic E-state index is 0.334. The molecule has 1 aliphatic heterocycles. The number of methoxy groups -OCH3 is 1. The lowest BCUT2D eigenvalue weighted by Crippen LogP contribution is -2.38. The Hall–Kier alpha value is -1.97. The molecule has 2 saturated carbocycles. The number of hydrazine groups is 1. The molecule has 5 rings (SSSR count). The van der Waals surface area contributed by atoms with Crippen LogP contribution in [0, 0.1) is 5.92 Å². The van der Waals surface area contributed by atoms with Crippen LogP contribution in [0.15, 0.2) is 6.33 Å². The second-order valence-corrected chi connectivity index (χ2v) is 11.7. The monoisotopic (exact) mass is 512 g/mol. The van der Waals surface area contributed by atoms with E-state index in [1.807, 2.05) is 6.33 Å². The van der Waals surface area contributed by atoms with Crippen molar-refractivity contribution in [2.24, 2.45) is 11.7 Å². The molecule has 1 saturated heterocycles. The first kappa shape index (κ1) is 26.6. The SMILES string of the molecule is COCCCCCCC1CCN(Nc2nc(NC3CCC(N)CC3)nc3c2ncn3C2CCCC2)CC1. The van der Waals surface area contributed by atoms with Crippen molar-refractivity contribution >= 4 is 22.9 Å². The fourth-order valence-corrected chi connectivity index (χ4v) is 6.47. The predicted octanol–water partition coefficient (Wildman–Crippen LogP) is 5.26. The van der Waals surface area contributed by atoms with E-state index < -0.39 is 0 Å². The number of nitrogens with one attached hydrogen (secondary N) is 2. The van der Waals surface area contributed by atoms with Gasteiger partial charge in [-0.15, -0.1) is 0 Å². The maximum absolute atomic E-state index is 6.14. The molecule has 0 spiro atoms. The van der Waals surface area contributed by atoms with Crippen LogP contribution in [0.5, 0.6) is 0 Å². The zero-order chi connectivity index (χ0) is 25.5. The molecule has 37 heavy (non-hydrogen) atoms. The van der Waals surface area contributed by atoms with Crippen molar-refractivity contribution in [3.05, 3.63) is 6.33 Å². The Labute approximate surface area is 222 Å². The van der Waals surface area contributed by atoms with Crippen LogP contribution in [0.3, 0.4) is 0 Å². The number of piperidine rings is 1. The molecule has 9 heteroatoms. The van der Waals surface area contributed by atoms with E-state index in [1.165, 1.54) is 70.6 Å². The molecule has 3 fully saturated rings. The summed E-state index contributed by atoms with van der Waals surface area (Å²) >= 11 is 0. The Morgan fingerprint density at radius 2 is 1.70 bits per heavy atom. The molecule has 3 aliphatic rings. The number of rotatable bonds is 12. The maximum atomic E-state index is 6.14. The number of nitrogens with two attached hydrogens (primary N) is 1. The minimum absolute atomic E-state index is 0.334. The standard InChI is InChI=1S/C28H48N8O/c1-37-19-7-3-2-4-8-21-15-17-35(18-16-21)34-26-25-27(36(20-30-25)24-9-5-6-10-24)33-28(32-26)31-23-13-11-22(29)12-14-23/h20-24H,2-19,29H2,1H3,(H2,31,32,33,34). The third-order valence-corrected chi connectivity index (χ3v) is 8.83. The zero-order valence-electron chi connectivity index (χ0n) is 22.8. The average molecular weight is 513 g/mol. The third kappa shape index (κ3) is 7.12. The van der Waals surface area contributed by atoms with Crippen molar-refractivity contribution in [1.82, 2.24) is 24.5 Å². The number of nitrogens with zero attached hydrogens (tertiary/aromatic N) is 5. The van der Waals surface area contributed by atoms with Gasteiger partial charge in [-0.05, 0) is 63.7 Å².